The number of carbonyl (C=O) groups excluding carboxylic acids is 1. The SMILES string of the molecule is CC#CC(=O)OC(F)(F)Cl. The molecule has 56 valence electrons. The summed E-state index contributed by atoms with van der Waals surface area (Å²) in [6, 6.07) is 0. The van der Waals surface area contributed by atoms with E-state index in [-0.39, 0.29) is 0 Å². The largest absolute Gasteiger partial charge is 0.490 e. The molecular weight excluding hydrogens is 166 g/mol. The molecule has 0 rings (SSSR count). The second-order valence-electron chi connectivity index (χ2n) is 1.21. The van der Waals surface area contributed by atoms with Gasteiger partial charge in [0.25, 0.3) is 0 Å². The normalized spacial score (nSPS) is 9.60. The van der Waals surface area contributed by atoms with Crippen molar-refractivity contribution in [3.63, 3.8) is 0 Å². The molecule has 0 saturated heterocycles. The van der Waals surface area contributed by atoms with Gasteiger partial charge in [0.1, 0.15) is 0 Å². The fourth-order valence-electron chi connectivity index (χ4n) is 0.233. The summed E-state index contributed by atoms with van der Waals surface area (Å²) in [4.78, 5) is 10.1. The molecule has 5 heteroatoms. The first kappa shape index (κ1) is 9.18. The molecular formula is C5H3ClF2O2. The molecule has 0 spiro atoms. The van der Waals surface area contributed by atoms with Crippen molar-refractivity contribution >= 4 is 17.6 Å². The van der Waals surface area contributed by atoms with E-state index in [9.17, 15) is 13.6 Å². The fraction of sp³-hybridized carbons (Fsp3) is 0.400. The lowest BCUT2D eigenvalue weighted by atomic mass is 10.6. The minimum Gasteiger partial charge on any atom is -0.378 e. The zero-order valence-electron chi connectivity index (χ0n) is 4.95. The molecule has 0 N–H and O–H groups in total. The average molecular weight is 169 g/mol. The molecule has 0 bridgehead atoms. The van der Waals surface area contributed by atoms with E-state index in [0.29, 0.717) is 0 Å². The summed E-state index contributed by atoms with van der Waals surface area (Å²) >= 11 is 4.22. The predicted octanol–water partition coefficient (Wildman–Crippen LogP) is 1.34. The van der Waals surface area contributed by atoms with Crippen molar-refractivity contribution in [2.45, 2.75) is 12.5 Å². The van der Waals surface area contributed by atoms with Crippen molar-refractivity contribution in [2.75, 3.05) is 0 Å². The van der Waals surface area contributed by atoms with Crippen molar-refractivity contribution in [1.82, 2.24) is 0 Å². The summed E-state index contributed by atoms with van der Waals surface area (Å²) in [6.45, 7) is 1.31. The Hall–Kier alpha value is -0.820. The van der Waals surface area contributed by atoms with Gasteiger partial charge in [-0.15, -0.1) is 8.78 Å². The Kier molecular flexibility index (Phi) is 3.10. The molecule has 0 atom stereocenters. The van der Waals surface area contributed by atoms with E-state index < -0.39 is 11.5 Å². The number of hydrogen-bond acceptors (Lipinski definition) is 2. The van der Waals surface area contributed by atoms with Gasteiger partial charge in [0.2, 0.25) is 0 Å². The van der Waals surface area contributed by atoms with Crippen molar-refractivity contribution in [3.05, 3.63) is 0 Å². The minimum atomic E-state index is -3.96. The Labute approximate surface area is 61.1 Å². The lowest BCUT2D eigenvalue weighted by Gasteiger charge is -2.03. The molecule has 2 nitrogen and oxygen atoms in total. The van der Waals surface area contributed by atoms with Gasteiger partial charge >= 0.3 is 11.5 Å². The Morgan fingerprint density at radius 3 is 2.50 bits per heavy atom. The molecule has 0 amide bonds. The van der Waals surface area contributed by atoms with Crippen LogP contribution in [0.25, 0.3) is 0 Å². The van der Waals surface area contributed by atoms with Gasteiger partial charge in [-0.25, -0.2) is 4.79 Å². The maximum atomic E-state index is 11.6. The topological polar surface area (TPSA) is 26.3 Å². The smallest absolute Gasteiger partial charge is 0.378 e. The highest BCUT2D eigenvalue weighted by Gasteiger charge is 2.29. The second-order valence-corrected chi connectivity index (χ2v) is 1.65. The van der Waals surface area contributed by atoms with Crippen molar-refractivity contribution in [1.29, 1.82) is 0 Å². The van der Waals surface area contributed by atoms with Crippen molar-refractivity contribution in [3.8, 4) is 11.8 Å². The van der Waals surface area contributed by atoms with Crippen LogP contribution in [0.4, 0.5) is 8.78 Å². The molecule has 0 heterocycles. The summed E-state index contributed by atoms with van der Waals surface area (Å²) in [6.07, 6.45) is 0. The molecule has 0 aliphatic carbocycles. The average Bonchev–Trinajstić information content (AvgIpc) is 1.59. The van der Waals surface area contributed by atoms with E-state index in [1.54, 1.807) is 5.92 Å². The standard InChI is InChI=1S/C5H3ClF2O2/c1-2-3-4(9)10-5(6,7)8/h1H3. The third kappa shape index (κ3) is 5.32. The number of halogens is 3. The first-order valence-electron chi connectivity index (χ1n) is 2.18. The van der Waals surface area contributed by atoms with Crippen LogP contribution in [-0.4, -0.2) is 11.5 Å². The highest BCUT2D eigenvalue weighted by atomic mass is 35.5. The van der Waals surface area contributed by atoms with E-state index in [4.69, 9.17) is 0 Å². The minimum absolute atomic E-state index is 1.31. The molecule has 0 radical (unpaired) electrons. The quantitative estimate of drug-likeness (QED) is 0.256. The summed E-state index contributed by atoms with van der Waals surface area (Å²) in [5.41, 5.74) is -3.96. The maximum absolute atomic E-state index is 11.6. The molecule has 0 aromatic rings. The van der Waals surface area contributed by atoms with Gasteiger partial charge in [0, 0.05) is 17.5 Å². The highest BCUT2D eigenvalue weighted by molar-refractivity contribution is 6.21. The third-order valence-electron chi connectivity index (χ3n) is 0.435. The number of hydrogen-bond donors (Lipinski definition) is 0. The number of rotatable bonds is 1. The van der Waals surface area contributed by atoms with E-state index in [0.717, 1.165) is 0 Å². The Bertz CT molecular complexity index is 186. The van der Waals surface area contributed by atoms with E-state index in [1.165, 1.54) is 6.92 Å². The van der Waals surface area contributed by atoms with Gasteiger partial charge in [-0.05, 0) is 6.92 Å². The second kappa shape index (κ2) is 3.37. The lowest BCUT2D eigenvalue weighted by Crippen LogP contribution is -2.16. The molecule has 0 aliphatic rings. The van der Waals surface area contributed by atoms with Gasteiger partial charge in [-0.1, -0.05) is 5.92 Å². The first-order valence-corrected chi connectivity index (χ1v) is 2.56. The van der Waals surface area contributed by atoms with E-state index >= 15 is 0 Å². The first-order chi connectivity index (χ1) is 4.45. The van der Waals surface area contributed by atoms with Crippen LogP contribution < -0.4 is 0 Å². The zero-order chi connectivity index (χ0) is 8.20. The van der Waals surface area contributed by atoms with Crippen LogP contribution in [0.3, 0.4) is 0 Å². The van der Waals surface area contributed by atoms with Crippen LogP contribution in [0, 0.1) is 11.8 Å². The van der Waals surface area contributed by atoms with E-state index in [2.05, 4.69) is 22.3 Å². The molecule has 0 unspecified atom stereocenters. The Morgan fingerprint density at radius 2 is 2.20 bits per heavy atom. The molecule has 0 aliphatic heterocycles. The van der Waals surface area contributed by atoms with Crippen LogP contribution in [0.2, 0.25) is 0 Å². The zero-order valence-corrected chi connectivity index (χ0v) is 5.71. The van der Waals surface area contributed by atoms with Crippen LogP contribution in [0.15, 0.2) is 0 Å². The Morgan fingerprint density at radius 1 is 1.70 bits per heavy atom. The summed E-state index contributed by atoms with van der Waals surface area (Å²) in [5.74, 6) is 2.46. The fourth-order valence-corrected chi connectivity index (χ4v) is 0.303. The highest BCUT2D eigenvalue weighted by Crippen LogP contribution is 2.19. The van der Waals surface area contributed by atoms with E-state index in [1.807, 2.05) is 0 Å². The van der Waals surface area contributed by atoms with Crippen molar-refractivity contribution < 1.29 is 18.3 Å². The van der Waals surface area contributed by atoms with Gasteiger partial charge in [0.15, 0.2) is 0 Å². The van der Waals surface area contributed by atoms with Gasteiger partial charge in [-0.3, -0.25) is 0 Å². The Balaban J connectivity index is 3.89. The number of esters is 1. The van der Waals surface area contributed by atoms with Crippen LogP contribution >= 0.6 is 11.6 Å². The summed E-state index contributed by atoms with van der Waals surface area (Å²) < 4.78 is 26.4. The number of alkyl halides is 3. The maximum Gasteiger partial charge on any atom is 0.490 e. The number of ether oxygens (including phenoxy) is 1. The number of carbonyl (C=O) groups is 1. The summed E-state index contributed by atoms with van der Waals surface area (Å²) in [5, 5.41) is 0. The summed E-state index contributed by atoms with van der Waals surface area (Å²) in [7, 11) is 0. The molecule has 10 heavy (non-hydrogen) atoms. The predicted molar refractivity (Wildman–Crippen MR) is 30.3 cm³/mol. The van der Waals surface area contributed by atoms with Gasteiger partial charge in [0.05, 0.1) is 0 Å². The van der Waals surface area contributed by atoms with Crippen molar-refractivity contribution in [2.24, 2.45) is 0 Å². The molecule has 0 saturated carbocycles. The lowest BCUT2D eigenvalue weighted by molar-refractivity contribution is -0.185. The molecule has 0 aromatic heterocycles. The van der Waals surface area contributed by atoms with Gasteiger partial charge in [-0.2, -0.15) is 0 Å². The van der Waals surface area contributed by atoms with Crippen LogP contribution in [-0.2, 0) is 9.53 Å². The third-order valence-corrected chi connectivity index (χ3v) is 0.513. The monoisotopic (exact) mass is 168 g/mol. The van der Waals surface area contributed by atoms with Gasteiger partial charge < -0.3 is 4.74 Å². The molecule has 0 fully saturated rings. The van der Waals surface area contributed by atoms with Crippen LogP contribution in [0.5, 0.6) is 0 Å². The van der Waals surface area contributed by atoms with Crippen LogP contribution in [0.1, 0.15) is 6.92 Å². The molecule has 0 aromatic carbocycles.